The fourth-order valence-corrected chi connectivity index (χ4v) is 0.768. The molecule has 0 saturated heterocycles. The summed E-state index contributed by atoms with van der Waals surface area (Å²) in [4.78, 5) is 10.7. The molecule has 0 aromatic rings. The minimum Gasteiger partial charge on any atom is -0.350 e. The Labute approximate surface area is 60.4 Å². The summed E-state index contributed by atoms with van der Waals surface area (Å²) in [6, 6.07) is 0. The first-order valence-corrected chi connectivity index (χ1v) is 3.71. The number of thiol groups is 1. The molecule has 0 aromatic carbocycles. The highest BCUT2D eigenvalue weighted by molar-refractivity contribution is 7.81. The summed E-state index contributed by atoms with van der Waals surface area (Å²) < 4.78 is 0. The molecule has 0 spiro atoms. The molecule has 1 fully saturated rings. The van der Waals surface area contributed by atoms with Crippen LogP contribution in [0.1, 0.15) is 19.8 Å². The molecule has 52 valence electrons. The van der Waals surface area contributed by atoms with Crippen LogP contribution in [0.5, 0.6) is 0 Å². The van der Waals surface area contributed by atoms with Crippen molar-refractivity contribution in [2.24, 2.45) is 0 Å². The van der Waals surface area contributed by atoms with Gasteiger partial charge in [0.15, 0.2) is 0 Å². The number of carbonyl (C=O) groups is 1. The standard InChI is InChI=1S/C6H11NOS/c1-6(2-3-6)7-5(8)4-9/h9H,2-4H2,1H3,(H,7,8). The smallest absolute Gasteiger partial charge is 0.230 e. The van der Waals surface area contributed by atoms with Crippen LogP contribution < -0.4 is 5.32 Å². The van der Waals surface area contributed by atoms with E-state index in [0.29, 0.717) is 5.75 Å². The molecule has 1 rings (SSSR count). The maximum atomic E-state index is 10.7. The van der Waals surface area contributed by atoms with Crippen LogP contribution in [-0.4, -0.2) is 17.2 Å². The van der Waals surface area contributed by atoms with E-state index in [0.717, 1.165) is 12.8 Å². The highest BCUT2D eigenvalue weighted by Gasteiger charge is 2.38. The Morgan fingerprint density at radius 2 is 2.33 bits per heavy atom. The molecule has 0 atom stereocenters. The number of nitrogens with one attached hydrogen (secondary N) is 1. The van der Waals surface area contributed by atoms with Crippen LogP contribution in [0.2, 0.25) is 0 Å². The molecule has 0 radical (unpaired) electrons. The molecule has 9 heavy (non-hydrogen) atoms. The zero-order valence-corrected chi connectivity index (χ0v) is 6.37. The van der Waals surface area contributed by atoms with Gasteiger partial charge in [0.25, 0.3) is 0 Å². The maximum Gasteiger partial charge on any atom is 0.230 e. The zero-order valence-electron chi connectivity index (χ0n) is 5.48. The van der Waals surface area contributed by atoms with Crippen molar-refractivity contribution in [1.82, 2.24) is 5.32 Å². The van der Waals surface area contributed by atoms with Gasteiger partial charge in [-0.3, -0.25) is 4.79 Å². The van der Waals surface area contributed by atoms with Crippen molar-refractivity contribution in [3.05, 3.63) is 0 Å². The summed E-state index contributed by atoms with van der Waals surface area (Å²) in [6.07, 6.45) is 2.24. The van der Waals surface area contributed by atoms with Crippen LogP contribution in [0.25, 0.3) is 0 Å². The van der Waals surface area contributed by atoms with Crippen molar-refractivity contribution < 1.29 is 4.79 Å². The lowest BCUT2D eigenvalue weighted by Gasteiger charge is -2.08. The normalized spacial score (nSPS) is 21.1. The van der Waals surface area contributed by atoms with Gasteiger partial charge >= 0.3 is 0 Å². The van der Waals surface area contributed by atoms with E-state index in [1.165, 1.54) is 0 Å². The van der Waals surface area contributed by atoms with Gasteiger partial charge in [-0.2, -0.15) is 12.6 Å². The van der Waals surface area contributed by atoms with E-state index in [-0.39, 0.29) is 11.4 Å². The van der Waals surface area contributed by atoms with E-state index in [1.807, 2.05) is 6.92 Å². The average Bonchev–Trinajstić information content (AvgIpc) is 2.48. The third-order valence-electron chi connectivity index (χ3n) is 1.58. The number of hydrogen-bond acceptors (Lipinski definition) is 2. The maximum absolute atomic E-state index is 10.7. The zero-order chi connectivity index (χ0) is 6.91. The summed E-state index contributed by atoms with van der Waals surface area (Å²) in [6.45, 7) is 2.05. The summed E-state index contributed by atoms with van der Waals surface area (Å²) in [7, 11) is 0. The summed E-state index contributed by atoms with van der Waals surface area (Å²) in [5, 5.41) is 2.86. The lowest BCUT2D eigenvalue weighted by molar-refractivity contribution is -0.119. The molecule has 0 unspecified atom stereocenters. The van der Waals surface area contributed by atoms with Crippen molar-refractivity contribution in [2.45, 2.75) is 25.3 Å². The second-order valence-corrected chi connectivity index (χ2v) is 3.08. The topological polar surface area (TPSA) is 29.1 Å². The first-order valence-electron chi connectivity index (χ1n) is 3.08. The van der Waals surface area contributed by atoms with Crippen LogP contribution in [-0.2, 0) is 4.79 Å². The second-order valence-electron chi connectivity index (χ2n) is 2.77. The molecule has 0 aromatic heterocycles. The largest absolute Gasteiger partial charge is 0.350 e. The Kier molecular flexibility index (Phi) is 1.70. The van der Waals surface area contributed by atoms with Gasteiger partial charge in [0, 0.05) is 5.54 Å². The molecular formula is C6H11NOS. The van der Waals surface area contributed by atoms with E-state index >= 15 is 0 Å². The van der Waals surface area contributed by atoms with E-state index in [2.05, 4.69) is 17.9 Å². The molecule has 1 amide bonds. The van der Waals surface area contributed by atoms with E-state index in [9.17, 15) is 4.79 Å². The molecule has 1 N–H and O–H groups in total. The van der Waals surface area contributed by atoms with E-state index in [4.69, 9.17) is 0 Å². The number of hydrogen-bond donors (Lipinski definition) is 2. The van der Waals surface area contributed by atoms with Crippen LogP contribution in [0, 0.1) is 0 Å². The molecule has 1 aliphatic rings. The van der Waals surface area contributed by atoms with Gasteiger partial charge in [-0.15, -0.1) is 0 Å². The van der Waals surface area contributed by atoms with Crippen molar-refractivity contribution in [2.75, 3.05) is 5.75 Å². The van der Waals surface area contributed by atoms with Gasteiger partial charge < -0.3 is 5.32 Å². The Balaban J connectivity index is 2.25. The predicted octanol–water partition coefficient (Wildman–Crippen LogP) is 0.585. The third kappa shape index (κ3) is 1.90. The quantitative estimate of drug-likeness (QED) is 0.547. The van der Waals surface area contributed by atoms with Crippen molar-refractivity contribution in [3.63, 3.8) is 0 Å². The fraction of sp³-hybridized carbons (Fsp3) is 0.833. The molecule has 0 bridgehead atoms. The molecule has 3 heteroatoms. The monoisotopic (exact) mass is 145 g/mol. The van der Waals surface area contributed by atoms with Crippen LogP contribution in [0.15, 0.2) is 0 Å². The molecule has 0 aliphatic heterocycles. The minimum atomic E-state index is 0.0401. The Hall–Kier alpha value is -0.180. The van der Waals surface area contributed by atoms with Gasteiger partial charge in [-0.1, -0.05) is 0 Å². The minimum absolute atomic E-state index is 0.0401. The average molecular weight is 145 g/mol. The van der Waals surface area contributed by atoms with Gasteiger partial charge in [0.05, 0.1) is 5.75 Å². The van der Waals surface area contributed by atoms with Gasteiger partial charge in [0.2, 0.25) is 5.91 Å². The summed E-state index contributed by atoms with van der Waals surface area (Å²) >= 11 is 3.84. The number of carbonyl (C=O) groups excluding carboxylic acids is 1. The molecule has 1 aliphatic carbocycles. The predicted molar refractivity (Wildman–Crippen MR) is 39.6 cm³/mol. The summed E-state index contributed by atoms with van der Waals surface area (Å²) in [5.74, 6) is 0.341. The van der Waals surface area contributed by atoms with Crippen molar-refractivity contribution >= 4 is 18.5 Å². The molecule has 0 heterocycles. The Bertz CT molecular complexity index is 131. The first kappa shape index (κ1) is 6.93. The Morgan fingerprint density at radius 3 is 2.67 bits per heavy atom. The SMILES string of the molecule is CC1(NC(=O)CS)CC1. The Morgan fingerprint density at radius 1 is 1.78 bits per heavy atom. The summed E-state index contributed by atoms with van der Waals surface area (Å²) in [5.41, 5.74) is 0.125. The van der Waals surface area contributed by atoms with Crippen LogP contribution in [0.4, 0.5) is 0 Å². The highest BCUT2D eigenvalue weighted by atomic mass is 32.1. The van der Waals surface area contributed by atoms with Crippen molar-refractivity contribution in [1.29, 1.82) is 0 Å². The third-order valence-corrected chi connectivity index (χ3v) is 1.87. The van der Waals surface area contributed by atoms with E-state index in [1.54, 1.807) is 0 Å². The fourth-order valence-electron chi connectivity index (χ4n) is 0.689. The highest BCUT2D eigenvalue weighted by Crippen LogP contribution is 2.33. The van der Waals surface area contributed by atoms with Crippen LogP contribution in [0.3, 0.4) is 0 Å². The van der Waals surface area contributed by atoms with Gasteiger partial charge in [-0.05, 0) is 19.8 Å². The molecule has 1 saturated carbocycles. The lowest BCUT2D eigenvalue weighted by atomic mass is 10.3. The lowest BCUT2D eigenvalue weighted by Crippen LogP contribution is -2.34. The molecular weight excluding hydrogens is 134 g/mol. The van der Waals surface area contributed by atoms with Gasteiger partial charge in [-0.25, -0.2) is 0 Å². The second kappa shape index (κ2) is 2.21. The number of amides is 1. The van der Waals surface area contributed by atoms with Crippen molar-refractivity contribution in [3.8, 4) is 0 Å². The first-order chi connectivity index (χ1) is 4.16. The number of rotatable bonds is 2. The molecule has 2 nitrogen and oxygen atoms in total. The van der Waals surface area contributed by atoms with E-state index < -0.39 is 0 Å². The van der Waals surface area contributed by atoms with Crippen LogP contribution >= 0.6 is 12.6 Å². The van der Waals surface area contributed by atoms with Gasteiger partial charge in [0.1, 0.15) is 0 Å².